The summed E-state index contributed by atoms with van der Waals surface area (Å²) >= 11 is 0. The molecule has 0 aromatic heterocycles. The van der Waals surface area contributed by atoms with Gasteiger partial charge in [0.2, 0.25) is 5.88 Å². The molecule has 194 valence electrons. The largest absolute Gasteiger partial charge is 0.493 e. The Balaban J connectivity index is 1.56. The van der Waals surface area contributed by atoms with Crippen molar-refractivity contribution in [2.75, 3.05) is 20.3 Å². The number of nitrogens with two attached hydrogens (primary N) is 1. The molecule has 2 N–H and O–H groups in total. The molecular weight excluding hydrogens is 484 g/mol. The Morgan fingerprint density at radius 2 is 1.84 bits per heavy atom. The van der Waals surface area contributed by atoms with Crippen LogP contribution >= 0.6 is 0 Å². The third-order valence-corrected chi connectivity index (χ3v) is 6.13. The fourth-order valence-corrected chi connectivity index (χ4v) is 4.08. The number of carbonyl (C=O) groups is 1. The molecule has 0 radical (unpaired) electrons. The number of rotatable bonds is 9. The molecule has 0 saturated carbocycles. The zero-order chi connectivity index (χ0) is 27.2. The van der Waals surface area contributed by atoms with E-state index in [1.54, 1.807) is 42.5 Å². The molecule has 38 heavy (non-hydrogen) atoms. The first kappa shape index (κ1) is 26.2. The Morgan fingerprint density at radius 1 is 1.05 bits per heavy atom. The number of esters is 1. The van der Waals surface area contributed by atoms with E-state index in [9.17, 15) is 10.1 Å². The van der Waals surface area contributed by atoms with Gasteiger partial charge >= 0.3 is 5.97 Å². The van der Waals surface area contributed by atoms with Crippen LogP contribution in [0.25, 0.3) is 0 Å². The molecule has 1 atom stereocenters. The van der Waals surface area contributed by atoms with E-state index >= 15 is 0 Å². The van der Waals surface area contributed by atoms with Gasteiger partial charge in [-0.15, -0.1) is 0 Å². The zero-order valence-corrected chi connectivity index (χ0v) is 21.4. The highest BCUT2D eigenvalue weighted by Crippen LogP contribution is 2.45. The quantitative estimate of drug-likeness (QED) is 0.240. The number of allylic oxidation sites excluding steroid dienone is 1. The van der Waals surface area contributed by atoms with E-state index < -0.39 is 11.9 Å². The van der Waals surface area contributed by atoms with Gasteiger partial charge in [0.15, 0.2) is 18.1 Å². The van der Waals surface area contributed by atoms with Gasteiger partial charge in [0, 0.05) is 11.6 Å². The fraction of sp³-hybridized carbons (Fsp3) is 0.200. The van der Waals surface area contributed by atoms with Gasteiger partial charge in [-0.3, -0.25) is 0 Å². The predicted molar refractivity (Wildman–Crippen MR) is 141 cm³/mol. The average Bonchev–Trinajstić information content (AvgIpc) is 2.91. The number of nitriles is 1. The summed E-state index contributed by atoms with van der Waals surface area (Å²) in [5.41, 5.74) is 10.0. The second-order valence-corrected chi connectivity index (χ2v) is 8.64. The van der Waals surface area contributed by atoms with Gasteiger partial charge in [-0.1, -0.05) is 30.9 Å². The van der Waals surface area contributed by atoms with Crippen molar-refractivity contribution in [3.8, 4) is 34.8 Å². The van der Waals surface area contributed by atoms with Crippen LogP contribution in [0, 0.1) is 25.2 Å². The van der Waals surface area contributed by atoms with Crippen molar-refractivity contribution in [1.29, 1.82) is 5.26 Å². The SMILES string of the molecule is C=CCOc1ccc(C2C(C#N)=C(N)Oc3cc(OC(=O)COc4ccc(C)c(C)c4)ccc32)cc1OC. The second kappa shape index (κ2) is 11.4. The number of carbonyl (C=O) groups excluding carboxylic acids is 1. The molecule has 1 unspecified atom stereocenters. The van der Waals surface area contributed by atoms with Crippen LogP contribution in [0.3, 0.4) is 0 Å². The van der Waals surface area contributed by atoms with Crippen LogP contribution in [0.15, 0.2) is 78.7 Å². The van der Waals surface area contributed by atoms with Crippen LogP contribution in [0.4, 0.5) is 0 Å². The lowest BCUT2D eigenvalue weighted by atomic mass is 9.83. The molecule has 1 heterocycles. The molecule has 4 rings (SSSR count). The first-order valence-electron chi connectivity index (χ1n) is 11.9. The number of benzene rings is 3. The number of aryl methyl sites for hydroxylation is 2. The van der Waals surface area contributed by atoms with Gasteiger partial charge in [-0.25, -0.2) is 4.79 Å². The molecule has 3 aromatic carbocycles. The second-order valence-electron chi connectivity index (χ2n) is 8.64. The van der Waals surface area contributed by atoms with Gasteiger partial charge in [0.1, 0.15) is 35.5 Å². The molecule has 0 aliphatic carbocycles. The summed E-state index contributed by atoms with van der Waals surface area (Å²) < 4.78 is 27.9. The minimum atomic E-state index is -0.573. The number of fused-ring (bicyclic) bond motifs is 1. The normalized spacial score (nSPS) is 14.0. The summed E-state index contributed by atoms with van der Waals surface area (Å²) in [4.78, 5) is 12.4. The molecule has 8 nitrogen and oxygen atoms in total. The molecular formula is C30H28N2O6. The summed E-state index contributed by atoms with van der Waals surface area (Å²) in [5.74, 6) is 1.14. The maximum absolute atomic E-state index is 12.4. The molecule has 0 amide bonds. The Hall–Kier alpha value is -4.90. The smallest absolute Gasteiger partial charge is 0.349 e. The Bertz CT molecular complexity index is 1450. The van der Waals surface area contributed by atoms with E-state index in [1.165, 1.54) is 7.11 Å². The maximum Gasteiger partial charge on any atom is 0.349 e. The summed E-state index contributed by atoms with van der Waals surface area (Å²) in [7, 11) is 1.54. The molecule has 8 heteroatoms. The molecule has 0 saturated heterocycles. The lowest BCUT2D eigenvalue weighted by molar-refractivity contribution is -0.136. The van der Waals surface area contributed by atoms with Crippen LogP contribution in [0.2, 0.25) is 0 Å². The van der Waals surface area contributed by atoms with Crippen LogP contribution < -0.4 is 29.4 Å². The third kappa shape index (κ3) is 5.57. The highest BCUT2D eigenvalue weighted by Gasteiger charge is 2.31. The summed E-state index contributed by atoms with van der Waals surface area (Å²) in [6.45, 7) is 7.69. The fourth-order valence-electron chi connectivity index (χ4n) is 4.08. The monoisotopic (exact) mass is 512 g/mol. The zero-order valence-electron chi connectivity index (χ0n) is 21.4. The highest BCUT2D eigenvalue weighted by molar-refractivity contribution is 5.74. The molecule has 0 spiro atoms. The standard InChI is InChI=1S/C30H28N2O6/c1-5-12-35-25-11-7-20(14-27(25)34-4)29-23-10-9-22(15-26(23)38-30(32)24(29)16-31)37-28(33)17-36-21-8-6-18(2)19(3)13-21/h5-11,13-15,29H,1,12,17,32H2,2-4H3. The first-order chi connectivity index (χ1) is 18.3. The summed E-state index contributed by atoms with van der Waals surface area (Å²) in [5, 5.41) is 9.86. The Morgan fingerprint density at radius 3 is 2.55 bits per heavy atom. The minimum absolute atomic E-state index is 0.0301. The molecule has 3 aromatic rings. The van der Waals surface area contributed by atoms with E-state index in [1.807, 2.05) is 32.0 Å². The third-order valence-electron chi connectivity index (χ3n) is 6.13. The molecule has 1 aliphatic rings. The van der Waals surface area contributed by atoms with Crippen molar-refractivity contribution >= 4 is 5.97 Å². The number of hydrogen-bond acceptors (Lipinski definition) is 8. The predicted octanol–water partition coefficient (Wildman–Crippen LogP) is 5.08. The Labute approximate surface area is 221 Å². The molecule has 1 aliphatic heterocycles. The molecule has 0 bridgehead atoms. The van der Waals surface area contributed by atoms with Crippen molar-refractivity contribution < 1.29 is 28.5 Å². The van der Waals surface area contributed by atoms with E-state index in [4.69, 9.17) is 29.4 Å². The number of hydrogen-bond donors (Lipinski definition) is 1. The van der Waals surface area contributed by atoms with Gasteiger partial charge in [0.25, 0.3) is 0 Å². The van der Waals surface area contributed by atoms with Gasteiger partial charge in [-0.2, -0.15) is 5.26 Å². The lowest BCUT2D eigenvalue weighted by Gasteiger charge is -2.27. The van der Waals surface area contributed by atoms with Crippen molar-refractivity contribution in [1.82, 2.24) is 0 Å². The van der Waals surface area contributed by atoms with Crippen LogP contribution in [0.1, 0.15) is 28.2 Å². The number of methoxy groups -OCH3 is 1. The van der Waals surface area contributed by atoms with Crippen molar-refractivity contribution in [2.45, 2.75) is 19.8 Å². The van der Waals surface area contributed by atoms with Crippen molar-refractivity contribution in [3.05, 3.63) is 101 Å². The average molecular weight is 513 g/mol. The topological polar surface area (TPSA) is 113 Å². The summed E-state index contributed by atoms with van der Waals surface area (Å²) in [6, 6.07) is 18.1. The lowest BCUT2D eigenvalue weighted by Crippen LogP contribution is -2.22. The van der Waals surface area contributed by atoms with Crippen molar-refractivity contribution in [2.24, 2.45) is 5.73 Å². The van der Waals surface area contributed by atoms with Gasteiger partial charge < -0.3 is 29.4 Å². The minimum Gasteiger partial charge on any atom is -0.493 e. The number of ether oxygens (including phenoxy) is 5. The first-order valence-corrected chi connectivity index (χ1v) is 11.9. The maximum atomic E-state index is 12.4. The van der Waals surface area contributed by atoms with E-state index in [-0.39, 0.29) is 23.8 Å². The van der Waals surface area contributed by atoms with Crippen LogP contribution in [0.5, 0.6) is 28.7 Å². The van der Waals surface area contributed by atoms with E-state index in [2.05, 4.69) is 12.6 Å². The Kier molecular flexibility index (Phi) is 7.88. The van der Waals surface area contributed by atoms with Crippen LogP contribution in [-0.4, -0.2) is 26.3 Å². The van der Waals surface area contributed by atoms with Crippen molar-refractivity contribution in [3.63, 3.8) is 0 Å². The van der Waals surface area contributed by atoms with Gasteiger partial charge in [0.05, 0.1) is 13.0 Å². The number of nitrogens with zero attached hydrogens (tertiary/aromatic N) is 1. The van der Waals surface area contributed by atoms with Gasteiger partial charge in [-0.05, 0) is 60.9 Å². The summed E-state index contributed by atoms with van der Waals surface area (Å²) in [6.07, 6.45) is 1.64. The van der Waals surface area contributed by atoms with Crippen LogP contribution in [-0.2, 0) is 4.79 Å². The van der Waals surface area contributed by atoms with E-state index in [0.717, 1.165) is 16.7 Å². The molecule has 0 fully saturated rings. The highest BCUT2D eigenvalue weighted by atomic mass is 16.6. The van der Waals surface area contributed by atoms with E-state index in [0.29, 0.717) is 35.2 Å².